The second-order valence-corrected chi connectivity index (χ2v) is 3.69. The maximum Gasteiger partial charge on any atom is 0.309 e. The van der Waals surface area contributed by atoms with Gasteiger partial charge in [-0.1, -0.05) is 0 Å². The van der Waals surface area contributed by atoms with E-state index in [0.717, 1.165) is 0 Å². The number of carbonyl (C=O) groups is 2. The summed E-state index contributed by atoms with van der Waals surface area (Å²) >= 11 is 0. The highest BCUT2D eigenvalue weighted by atomic mass is 16.5. The number of methoxy groups -OCH3 is 1. The fourth-order valence-corrected chi connectivity index (χ4v) is 0.712. The molecule has 0 aromatic rings. The van der Waals surface area contributed by atoms with E-state index in [-0.39, 0.29) is 6.54 Å². The van der Waals surface area contributed by atoms with Crippen LogP contribution in [0.1, 0.15) is 13.8 Å². The predicted octanol–water partition coefficient (Wildman–Crippen LogP) is -1.40. The van der Waals surface area contributed by atoms with Crippen molar-refractivity contribution >= 4 is 11.8 Å². The summed E-state index contributed by atoms with van der Waals surface area (Å²) in [5, 5.41) is 4.84. The summed E-state index contributed by atoms with van der Waals surface area (Å²) in [5.41, 5.74) is 4.69. The number of nitrogens with two attached hydrogens (primary N) is 1. The molecule has 0 heterocycles. The van der Waals surface area contributed by atoms with E-state index < -0.39 is 17.4 Å². The molecule has 0 aliphatic rings. The molecule has 0 radical (unpaired) electrons. The Labute approximate surface area is 89.5 Å². The first-order valence-electron chi connectivity index (χ1n) is 4.74. The minimum absolute atomic E-state index is 0.276. The van der Waals surface area contributed by atoms with Gasteiger partial charge in [0.2, 0.25) is 0 Å². The molecule has 0 fully saturated rings. The molecule has 0 bridgehead atoms. The third-order valence-electron chi connectivity index (χ3n) is 1.86. The summed E-state index contributed by atoms with van der Waals surface area (Å²) in [6.07, 6.45) is 0. The summed E-state index contributed by atoms with van der Waals surface area (Å²) in [4.78, 5) is 22.3. The van der Waals surface area contributed by atoms with Gasteiger partial charge in [-0.2, -0.15) is 0 Å². The van der Waals surface area contributed by atoms with Crippen molar-refractivity contribution in [3.63, 3.8) is 0 Å². The van der Waals surface area contributed by atoms with Crippen molar-refractivity contribution < 1.29 is 14.3 Å². The van der Waals surface area contributed by atoms with Crippen molar-refractivity contribution in [3.05, 3.63) is 0 Å². The molecule has 2 amide bonds. The molecule has 0 atom stereocenters. The van der Waals surface area contributed by atoms with Crippen LogP contribution in [0, 0.1) is 0 Å². The second kappa shape index (κ2) is 6.36. The lowest BCUT2D eigenvalue weighted by atomic mass is 10.1. The van der Waals surface area contributed by atoms with Gasteiger partial charge in [0.05, 0.1) is 5.60 Å². The van der Waals surface area contributed by atoms with Crippen LogP contribution in [0.15, 0.2) is 0 Å². The molecule has 88 valence electrons. The number of ether oxygens (including phenoxy) is 1. The lowest BCUT2D eigenvalue weighted by molar-refractivity contribution is -0.139. The average molecular weight is 217 g/mol. The highest BCUT2D eigenvalue weighted by Gasteiger charge is 2.20. The Balaban J connectivity index is 3.88. The monoisotopic (exact) mass is 217 g/mol. The fourth-order valence-electron chi connectivity index (χ4n) is 0.712. The van der Waals surface area contributed by atoms with E-state index in [0.29, 0.717) is 13.1 Å². The average Bonchev–Trinajstić information content (AvgIpc) is 2.22. The van der Waals surface area contributed by atoms with Crippen LogP contribution in [-0.2, 0) is 14.3 Å². The van der Waals surface area contributed by atoms with Crippen molar-refractivity contribution in [1.29, 1.82) is 0 Å². The molecule has 0 spiro atoms. The van der Waals surface area contributed by atoms with E-state index in [1.54, 1.807) is 7.11 Å². The molecule has 0 saturated heterocycles. The number of carbonyl (C=O) groups excluding carboxylic acids is 2. The van der Waals surface area contributed by atoms with Crippen molar-refractivity contribution in [2.75, 3.05) is 26.7 Å². The Hall–Kier alpha value is -1.14. The standard InChI is InChI=1S/C9H19N3O3/c1-9(2,15-3)6-12-8(14)7(13)11-5-4-10/h4-6,10H2,1-3H3,(H,11,13)(H,12,14). The normalized spacial score (nSPS) is 10.9. The van der Waals surface area contributed by atoms with Crippen molar-refractivity contribution in [1.82, 2.24) is 10.6 Å². The van der Waals surface area contributed by atoms with Crippen molar-refractivity contribution in [2.24, 2.45) is 5.73 Å². The fraction of sp³-hybridized carbons (Fsp3) is 0.778. The summed E-state index contributed by atoms with van der Waals surface area (Å²) in [6, 6.07) is 0. The highest BCUT2D eigenvalue weighted by Crippen LogP contribution is 2.04. The molecule has 6 nitrogen and oxygen atoms in total. The Bertz CT molecular complexity index is 229. The number of hydrogen-bond donors (Lipinski definition) is 3. The summed E-state index contributed by atoms with van der Waals surface area (Å²) in [6.45, 7) is 4.50. The van der Waals surface area contributed by atoms with Gasteiger partial charge in [-0.05, 0) is 13.8 Å². The van der Waals surface area contributed by atoms with Crippen LogP contribution in [0.3, 0.4) is 0 Å². The van der Waals surface area contributed by atoms with Crippen molar-refractivity contribution in [3.8, 4) is 0 Å². The van der Waals surface area contributed by atoms with Gasteiger partial charge in [0.1, 0.15) is 0 Å². The van der Waals surface area contributed by atoms with Crippen LogP contribution in [0.4, 0.5) is 0 Å². The van der Waals surface area contributed by atoms with Crippen LogP contribution >= 0.6 is 0 Å². The molecule has 6 heteroatoms. The van der Waals surface area contributed by atoms with Gasteiger partial charge in [-0.3, -0.25) is 9.59 Å². The zero-order valence-electron chi connectivity index (χ0n) is 9.42. The first-order chi connectivity index (χ1) is 6.93. The molecular weight excluding hydrogens is 198 g/mol. The highest BCUT2D eigenvalue weighted by molar-refractivity contribution is 6.35. The van der Waals surface area contributed by atoms with Crippen LogP contribution in [0.2, 0.25) is 0 Å². The number of rotatable bonds is 5. The van der Waals surface area contributed by atoms with Gasteiger partial charge >= 0.3 is 11.8 Å². The first-order valence-corrected chi connectivity index (χ1v) is 4.74. The molecule has 0 rings (SSSR count). The molecule has 0 aliphatic carbocycles. The third-order valence-corrected chi connectivity index (χ3v) is 1.86. The minimum Gasteiger partial charge on any atom is -0.377 e. The van der Waals surface area contributed by atoms with E-state index in [1.807, 2.05) is 13.8 Å². The number of hydrogen-bond acceptors (Lipinski definition) is 4. The predicted molar refractivity (Wildman–Crippen MR) is 56.2 cm³/mol. The molecule has 0 aliphatic heterocycles. The topological polar surface area (TPSA) is 93.4 Å². The van der Waals surface area contributed by atoms with Crippen LogP contribution < -0.4 is 16.4 Å². The van der Waals surface area contributed by atoms with Crippen LogP contribution in [0.25, 0.3) is 0 Å². The quantitative estimate of drug-likeness (QED) is 0.494. The third kappa shape index (κ3) is 6.03. The summed E-state index contributed by atoms with van der Waals surface area (Å²) < 4.78 is 5.08. The Kier molecular flexibility index (Phi) is 5.88. The molecule has 15 heavy (non-hydrogen) atoms. The van der Waals surface area contributed by atoms with Gasteiger partial charge < -0.3 is 21.1 Å². The Morgan fingerprint density at radius 2 is 1.80 bits per heavy atom. The molecule has 0 aromatic heterocycles. The van der Waals surface area contributed by atoms with E-state index in [9.17, 15) is 9.59 Å². The van der Waals surface area contributed by atoms with E-state index >= 15 is 0 Å². The van der Waals surface area contributed by atoms with Gasteiger partial charge in [-0.25, -0.2) is 0 Å². The second-order valence-electron chi connectivity index (χ2n) is 3.69. The lowest BCUT2D eigenvalue weighted by Gasteiger charge is -2.22. The van der Waals surface area contributed by atoms with Gasteiger partial charge in [-0.15, -0.1) is 0 Å². The van der Waals surface area contributed by atoms with Gasteiger partial charge in [0, 0.05) is 26.7 Å². The zero-order chi connectivity index (χ0) is 11.9. The largest absolute Gasteiger partial charge is 0.377 e. The maximum absolute atomic E-state index is 11.2. The SMILES string of the molecule is COC(C)(C)CNC(=O)C(=O)NCCN. The number of amides is 2. The van der Waals surface area contributed by atoms with Crippen molar-refractivity contribution in [2.45, 2.75) is 19.4 Å². The summed E-state index contributed by atoms with van der Waals surface area (Å²) in [7, 11) is 1.54. The van der Waals surface area contributed by atoms with E-state index in [2.05, 4.69) is 10.6 Å². The van der Waals surface area contributed by atoms with Crippen LogP contribution in [-0.4, -0.2) is 44.2 Å². The summed E-state index contributed by atoms with van der Waals surface area (Å²) in [5.74, 6) is -1.35. The Morgan fingerprint density at radius 1 is 1.27 bits per heavy atom. The van der Waals surface area contributed by atoms with Gasteiger partial charge in [0.25, 0.3) is 0 Å². The smallest absolute Gasteiger partial charge is 0.309 e. The Morgan fingerprint density at radius 3 is 2.27 bits per heavy atom. The van der Waals surface area contributed by atoms with Gasteiger partial charge in [0.15, 0.2) is 0 Å². The minimum atomic E-state index is -0.674. The molecule has 4 N–H and O–H groups in total. The zero-order valence-corrected chi connectivity index (χ0v) is 9.42. The maximum atomic E-state index is 11.2. The van der Waals surface area contributed by atoms with Crippen LogP contribution in [0.5, 0.6) is 0 Å². The first kappa shape index (κ1) is 13.9. The lowest BCUT2D eigenvalue weighted by Crippen LogP contribution is -2.46. The number of nitrogens with one attached hydrogen (secondary N) is 2. The van der Waals surface area contributed by atoms with E-state index in [4.69, 9.17) is 10.5 Å². The molecular formula is C9H19N3O3. The molecule has 0 saturated carbocycles. The molecule has 0 unspecified atom stereocenters. The molecule has 0 aromatic carbocycles. The van der Waals surface area contributed by atoms with E-state index in [1.165, 1.54) is 0 Å².